The molecule has 0 aromatic rings. The molecule has 2 aliphatic carbocycles. The second-order valence-electron chi connectivity index (χ2n) is 6.26. The van der Waals surface area contributed by atoms with Crippen LogP contribution in [0.25, 0.3) is 0 Å². The average molecular weight is 328 g/mol. The number of nitrogens with one attached hydrogen (secondary N) is 1. The van der Waals surface area contributed by atoms with E-state index in [0.717, 1.165) is 6.42 Å². The standard InChI is InChI=1S/C15H21N3O3.ClH/c1-8(7-16)13(19)17-4-5-18-14(20)11-9-2-3-10(6-9)12(11)15(18)21;/h2-3,8-12H,4-7,16H2,1H3,(H,17,19);1H. The molecule has 7 heteroatoms. The van der Waals surface area contributed by atoms with Crippen LogP contribution < -0.4 is 11.1 Å². The Morgan fingerprint density at radius 3 is 2.36 bits per heavy atom. The number of fused-ring (bicyclic) bond motifs is 5. The molecule has 3 N–H and O–H groups in total. The van der Waals surface area contributed by atoms with Gasteiger partial charge in [-0.15, -0.1) is 12.4 Å². The first-order chi connectivity index (χ1) is 10.0. The summed E-state index contributed by atoms with van der Waals surface area (Å²) >= 11 is 0. The number of halogens is 1. The van der Waals surface area contributed by atoms with E-state index in [9.17, 15) is 14.4 Å². The quantitative estimate of drug-likeness (QED) is 0.546. The topological polar surface area (TPSA) is 92.5 Å². The van der Waals surface area contributed by atoms with Crippen LogP contribution in [-0.2, 0) is 14.4 Å². The molecule has 22 heavy (non-hydrogen) atoms. The van der Waals surface area contributed by atoms with Crippen LogP contribution >= 0.6 is 12.4 Å². The maximum Gasteiger partial charge on any atom is 0.233 e. The Balaban J connectivity index is 0.00000176. The summed E-state index contributed by atoms with van der Waals surface area (Å²) in [7, 11) is 0. The van der Waals surface area contributed by atoms with Crippen LogP contribution in [0.2, 0.25) is 0 Å². The molecule has 5 atom stereocenters. The Morgan fingerprint density at radius 1 is 1.32 bits per heavy atom. The second kappa shape index (κ2) is 6.38. The van der Waals surface area contributed by atoms with Gasteiger partial charge in [-0.25, -0.2) is 0 Å². The Labute approximate surface area is 135 Å². The Morgan fingerprint density at radius 2 is 1.86 bits per heavy atom. The lowest BCUT2D eigenvalue weighted by molar-refractivity contribution is -0.141. The highest BCUT2D eigenvalue weighted by molar-refractivity contribution is 6.06. The van der Waals surface area contributed by atoms with E-state index in [1.807, 2.05) is 0 Å². The van der Waals surface area contributed by atoms with Gasteiger partial charge in [-0.2, -0.15) is 0 Å². The minimum Gasteiger partial charge on any atom is -0.354 e. The zero-order valence-corrected chi connectivity index (χ0v) is 13.3. The first kappa shape index (κ1) is 17.0. The molecule has 0 radical (unpaired) electrons. The third-order valence-electron chi connectivity index (χ3n) is 5.00. The Bertz CT molecular complexity index is 492. The molecular weight excluding hydrogens is 306 g/mol. The van der Waals surface area contributed by atoms with Gasteiger partial charge in [-0.05, 0) is 18.3 Å². The predicted molar refractivity (Wildman–Crippen MR) is 82.9 cm³/mol. The molecule has 0 aromatic carbocycles. The minimum absolute atomic E-state index is 0. The summed E-state index contributed by atoms with van der Waals surface area (Å²) in [6.07, 6.45) is 5.09. The van der Waals surface area contributed by atoms with Crippen LogP contribution in [0.3, 0.4) is 0 Å². The normalized spacial score (nSPS) is 32.9. The number of imide groups is 1. The van der Waals surface area contributed by atoms with E-state index in [1.165, 1.54) is 4.90 Å². The fourth-order valence-electron chi connectivity index (χ4n) is 3.76. The number of nitrogens with zero attached hydrogens (tertiary/aromatic N) is 1. The van der Waals surface area contributed by atoms with E-state index in [1.54, 1.807) is 6.92 Å². The maximum absolute atomic E-state index is 12.4. The number of hydrogen-bond acceptors (Lipinski definition) is 4. The van der Waals surface area contributed by atoms with Gasteiger partial charge in [0.25, 0.3) is 0 Å². The summed E-state index contributed by atoms with van der Waals surface area (Å²) < 4.78 is 0. The van der Waals surface area contributed by atoms with Gasteiger partial charge in [0.1, 0.15) is 0 Å². The molecule has 1 saturated carbocycles. The third-order valence-corrected chi connectivity index (χ3v) is 5.00. The fraction of sp³-hybridized carbons (Fsp3) is 0.667. The van der Waals surface area contributed by atoms with Crippen molar-refractivity contribution < 1.29 is 14.4 Å². The van der Waals surface area contributed by atoms with Crippen molar-refractivity contribution >= 4 is 30.1 Å². The first-order valence-corrected chi connectivity index (χ1v) is 7.56. The van der Waals surface area contributed by atoms with E-state index in [2.05, 4.69) is 17.5 Å². The van der Waals surface area contributed by atoms with E-state index in [-0.39, 0.29) is 72.8 Å². The van der Waals surface area contributed by atoms with Gasteiger partial charge in [0, 0.05) is 25.6 Å². The summed E-state index contributed by atoms with van der Waals surface area (Å²) in [6.45, 7) is 2.58. The molecule has 3 aliphatic rings. The number of carbonyl (C=O) groups is 3. The Hall–Kier alpha value is -1.40. The molecule has 2 bridgehead atoms. The lowest BCUT2D eigenvalue weighted by Crippen LogP contribution is -2.41. The van der Waals surface area contributed by atoms with Crippen LogP contribution in [0.1, 0.15) is 13.3 Å². The molecule has 122 valence electrons. The number of amides is 3. The van der Waals surface area contributed by atoms with Gasteiger partial charge in [0.2, 0.25) is 17.7 Å². The van der Waals surface area contributed by atoms with Crippen molar-refractivity contribution in [3.63, 3.8) is 0 Å². The van der Waals surface area contributed by atoms with Gasteiger partial charge >= 0.3 is 0 Å². The van der Waals surface area contributed by atoms with Crippen molar-refractivity contribution in [1.82, 2.24) is 10.2 Å². The van der Waals surface area contributed by atoms with E-state index >= 15 is 0 Å². The van der Waals surface area contributed by atoms with Crippen LogP contribution in [0.4, 0.5) is 0 Å². The van der Waals surface area contributed by atoms with E-state index < -0.39 is 0 Å². The van der Waals surface area contributed by atoms with Gasteiger partial charge in [0.15, 0.2) is 0 Å². The first-order valence-electron chi connectivity index (χ1n) is 7.56. The summed E-state index contributed by atoms with van der Waals surface area (Å²) in [5.74, 6) is -0.391. The molecule has 1 heterocycles. The largest absolute Gasteiger partial charge is 0.354 e. The maximum atomic E-state index is 12.4. The molecule has 1 aliphatic heterocycles. The molecular formula is C15H22ClN3O3. The highest BCUT2D eigenvalue weighted by Gasteiger charge is 2.58. The number of hydrogen-bond donors (Lipinski definition) is 2. The number of carbonyl (C=O) groups excluding carboxylic acids is 3. The molecule has 0 spiro atoms. The summed E-state index contributed by atoms with van der Waals surface area (Å²) in [5.41, 5.74) is 5.42. The zero-order chi connectivity index (χ0) is 15.1. The fourth-order valence-corrected chi connectivity index (χ4v) is 3.76. The minimum atomic E-state index is -0.255. The van der Waals surface area contributed by atoms with E-state index in [0.29, 0.717) is 6.54 Å². The Kier molecular flexibility index (Phi) is 4.92. The molecule has 6 nitrogen and oxygen atoms in total. The number of likely N-dealkylation sites (tertiary alicyclic amines) is 1. The van der Waals surface area contributed by atoms with Gasteiger partial charge in [0.05, 0.1) is 11.8 Å². The molecule has 0 aromatic heterocycles. The van der Waals surface area contributed by atoms with Gasteiger partial charge in [-0.1, -0.05) is 19.1 Å². The summed E-state index contributed by atoms with van der Waals surface area (Å²) in [4.78, 5) is 37.7. The zero-order valence-electron chi connectivity index (χ0n) is 12.5. The van der Waals surface area contributed by atoms with Crippen LogP contribution in [0.5, 0.6) is 0 Å². The molecule has 1 saturated heterocycles. The van der Waals surface area contributed by atoms with Crippen molar-refractivity contribution in [2.75, 3.05) is 19.6 Å². The van der Waals surface area contributed by atoms with E-state index in [4.69, 9.17) is 5.73 Å². The number of allylic oxidation sites excluding steroid dienone is 2. The summed E-state index contributed by atoms with van der Waals surface area (Å²) in [5, 5.41) is 2.72. The van der Waals surface area contributed by atoms with Crippen LogP contribution in [0.15, 0.2) is 12.2 Å². The molecule has 3 amide bonds. The van der Waals surface area contributed by atoms with Crippen molar-refractivity contribution in [3.05, 3.63) is 12.2 Å². The second-order valence-corrected chi connectivity index (χ2v) is 6.26. The SMILES string of the molecule is CC(CN)C(=O)NCCN1C(=O)C2C3C=CC(C3)C2C1=O.Cl. The van der Waals surface area contributed by atoms with Gasteiger partial charge in [-0.3, -0.25) is 19.3 Å². The molecule has 3 rings (SSSR count). The van der Waals surface area contributed by atoms with Crippen molar-refractivity contribution in [2.45, 2.75) is 13.3 Å². The lowest BCUT2D eigenvalue weighted by Gasteiger charge is -2.18. The number of nitrogens with two attached hydrogens (primary N) is 1. The van der Waals surface area contributed by atoms with Gasteiger partial charge < -0.3 is 11.1 Å². The highest BCUT2D eigenvalue weighted by atomic mass is 35.5. The van der Waals surface area contributed by atoms with Crippen molar-refractivity contribution in [1.29, 1.82) is 0 Å². The van der Waals surface area contributed by atoms with Crippen LogP contribution in [-0.4, -0.2) is 42.3 Å². The van der Waals surface area contributed by atoms with Crippen molar-refractivity contribution in [2.24, 2.45) is 35.3 Å². The smallest absolute Gasteiger partial charge is 0.233 e. The molecule has 2 fully saturated rings. The highest BCUT2D eigenvalue weighted by Crippen LogP contribution is 2.52. The predicted octanol–water partition coefficient (Wildman–Crippen LogP) is -0.0737. The summed E-state index contributed by atoms with van der Waals surface area (Å²) in [6, 6.07) is 0. The third kappa shape index (κ3) is 2.54. The van der Waals surface area contributed by atoms with Crippen LogP contribution in [0, 0.1) is 29.6 Å². The molecule has 5 unspecified atom stereocenters. The monoisotopic (exact) mass is 327 g/mol. The van der Waals surface area contributed by atoms with Crippen molar-refractivity contribution in [3.8, 4) is 0 Å². The number of rotatable bonds is 5. The lowest BCUT2D eigenvalue weighted by atomic mass is 9.85. The average Bonchev–Trinajstić information content (AvgIpc) is 3.15.